The van der Waals surface area contributed by atoms with Crippen LogP contribution in [0, 0.1) is 13.8 Å². The number of amides is 1. The highest BCUT2D eigenvalue weighted by molar-refractivity contribution is 6.01. The molecular formula is C18H20N4O6. The van der Waals surface area contributed by atoms with E-state index in [0.717, 1.165) is 15.7 Å². The van der Waals surface area contributed by atoms with E-state index in [1.165, 1.54) is 7.05 Å². The standard InChI is InChI=1S/C18H20N4O6/c1-9-4-5-11(6-10(9)2)16(25)20-7-13(24)28-8-12(23)14-15(19)22(3)18(27)21-17(14)26/h4-6H,7-8,19H2,1-3H3,(H,20,25)(H,21,26,27). The van der Waals surface area contributed by atoms with Gasteiger partial charge < -0.3 is 15.8 Å². The van der Waals surface area contributed by atoms with Gasteiger partial charge in [-0.2, -0.15) is 0 Å². The zero-order valence-corrected chi connectivity index (χ0v) is 15.6. The fourth-order valence-electron chi connectivity index (χ4n) is 2.31. The average Bonchev–Trinajstić information content (AvgIpc) is 2.64. The highest BCUT2D eigenvalue weighted by atomic mass is 16.5. The van der Waals surface area contributed by atoms with Crippen LogP contribution < -0.4 is 22.3 Å². The first-order valence-corrected chi connectivity index (χ1v) is 8.25. The number of nitrogens with one attached hydrogen (secondary N) is 2. The number of carbonyl (C=O) groups excluding carboxylic acids is 3. The van der Waals surface area contributed by atoms with Crippen LogP contribution in [0.25, 0.3) is 0 Å². The lowest BCUT2D eigenvalue weighted by molar-refractivity contribution is -0.141. The molecule has 10 nitrogen and oxygen atoms in total. The molecule has 0 aliphatic heterocycles. The molecular weight excluding hydrogens is 368 g/mol. The smallest absolute Gasteiger partial charge is 0.329 e. The highest BCUT2D eigenvalue weighted by Crippen LogP contribution is 2.09. The predicted octanol–water partition coefficient (Wildman–Crippen LogP) is -0.571. The van der Waals surface area contributed by atoms with Crippen LogP contribution in [0.2, 0.25) is 0 Å². The molecule has 0 fully saturated rings. The number of nitrogens with zero attached hydrogens (tertiary/aromatic N) is 1. The summed E-state index contributed by atoms with van der Waals surface area (Å²) in [6.07, 6.45) is 0. The van der Waals surface area contributed by atoms with Crippen molar-refractivity contribution in [2.24, 2.45) is 7.05 Å². The minimum Gasteiger partial charge on any atom is -0.456 e. The summed E-state index contributed by atoms with van der Waals surface area (Å²) < 4.78 is 5.66. The van der Waals surface area contributed by atoms with Gasteiger partial charge in [0.25, 0.3) is 11.5 Å². The van der Waals surface area contributed by atoms with Crippen LogP contribution in [0.1, 0.15) is 31.8 Å². The van der Waals surface area contributed by atoms with Crippen LogP contribution in [0.5, 0.6) is 0 Å². The Bertz CT molecular complexity index is 1070. The van der Waals surface area contributed by atoms with Gasteiger partial charge in [0.2, 0.25) is 5.78 Å². The van der Waals surface area contributed by atoms with Gasteiger partial charge in [-0.15, -0.1) is 0 Å². The maximum Gasteiger partial charge on any atom is 0.329 e. The fourth-order valence-corrected chi connectivity index (χ4v) is 2.31. The molecule has 1 heterocycles. The summed E-state index contributed by atoms with van der Waals surface area (Å²) in [6.45, 7) is 2.55. The van der Waals surface area contributed by atoms with E-state index in [9.17, 15) is 24.0 Å². The van der Waals surface area contributed by atoms with Crippen molar-refractivity contribution in [1.82, 2.24) is 14.9 Å². The number of Topliss-reactive ketones (excluding diaryl/α,β-unsaturated/α-hetero) is 1. The second-order valence-corrected chi connectivity index (χ2v) is 6.14. The number of ether oxygens (including phenoxy) is 1. The lowest BCUT2D eigenvalue weighted by atomic mass is 10.1. The molecule has 0 saturated carbocycles. The van der Waals surface area contributed by atoms with E-state index in [1.807, 2.05) is 18.8 Å². The van der Waals surface area contributed by atoms with Crippen LogP contribution in [-0.2, 0) is 16.6 Å². The van der Waals surface area contributed by atoms with Crippen molar-refractivity contribution in [1.29, 1.82) is 0 Å². The number of aromatic nitrogens is 2. The number of carbonyl (C=O) groups is 3. The molecule has 148 valence electrons. The van der Waals surface area contributed by atoms with E-state index in [0.29, 0.717) is 5.56 Å². The Morgan fingerprint density at radius 2 is 1.86 bits per heavy atom. The molecule has 0 radical (unpaired) electrons. The zero-order chi connectivity index (χ0) is 21.0. The molecule has 0 atom stereocenters. The third kappa shape index (κ3) is 4.53. The summed E-state index contributed by atoms with van der Waals surface area (Å²) in [5.41, 5.74) is 5.73. The van der Waals surface area contributed by atoms with Crippen molar-refractivity contribution < 1.29 is 19.1 Å². The minimum atomic E-state index is -0.968. The number of benzene rings is 1. The first-order valence-electron chi connectivity index (χ1n) is 8.25. The summed E-state index contributed by atoms with van der Waals surface area (Å²) in [4.78, 5) is 61.0. The quantitative estimate of drug-likeness (QED) is 0.442. The normalized spacial score (nSPS) is 10.4. The number of rotatable bonds is 6. The molecule has 4 N–H and O–H groups in total. The number of aromatic amines is 1. The number of nitrogen functional groups attached to an aromatic ring is 1. The van der Waals surface area contributed by atoms with Gasteiger partial charge >= 0.3 is 11.7 Å². The van der Waals surface area contributed by atoms with Gasteiger partial charge in [0.15, 0.2) is 6.61 Å². The number of aryl methyl sites for hydroxylation is 2. The molecule has 10 heteroatoms. The lowest BCUT2D eigenvalue weighted by Gasteiger charge is -2.09. The van der Waals surface area contributed by atoms with Crippen molar-refractivity contribution in [2.45, 2.75) is 13.8 Å². The molecule has 0 spiro atoms. The third-order valence-corrected chi connectivity index (χ3v) is 4.18. The maximum atomic E-state index is 12.1. The van der Waals surface area contributed by atoms with E-state index in [-0.39, 0.29) is 5.82 Å². The van der Waals surface area contributed by atoms with Crippen molar-refractivity contribution >= 4 is 23.5 Å². The van der Waals surface area contributed by atoms with E-state index in [1.54, 1.807) is 18.2 Å². The molecule has 0 unspecified atom stereocenters. The molecule has 0 aliphatic carbocycles. The van der Waals surface area contributed by atoms with Crippen LogP contribution in [0.4, 0.5) is 5.82 Å². The highest BCUT2D eigenvalue weighted by Gasteiger charge is 2.19. The van der Waals surface area contributed by atoms with E-state index < -0.39 is 47.6 Å². The van der Waals surface area contributed by atoms with Crippen LogP contribution >= 0.6 is 0 Å². The SMILES string of the molecule is Cc1ccc(C(=O)NCC(=O)OCC(=O)c2c(N)n(C)c(=O)[nH]c2=O)cc1C. The molecule has 28 heavy (non-hydrogen) atoms. The fraction of sp³-hybridized carbons (Fsp3) is 0.278. The van der Waals surface area contributed by atoms with Gasteiger partial charge in [-0.3, -0.25) is 28.7 Å². The monoisotopic (exact) mass is 388 g/mol. The van der Waals surface area contributed by atoms with Gasteiger partial charge in [0.05, 0.1) is 0 Å². The van der Waals surface area contributed by atoms with Gasteiger partial charge in [-0.25, -0.2) is 4.79 Å². The van der Waals surface area contributed by atoms with Crippen molar-refractivity contribution in [3.05, 3.63) is 61.3 Å². The Kier molecular flexibility index (Phi) is 6.14. The number of hydrogen-bond acceptors (Lipinski definition) is 7. The zero-order valence-electron chi connectivity index (χ0n) is 15.6. The number of hydrogen-bond donors (Lipinski definition) is 3. The van der Waals surface area contributed by atoms with Crippen LogP contribution in [0.15, 0.2) is 27.8 Å². The van der Waals surface area contributed by atoms with Crippen molar-refractivity contribution in [3.63, 3.8) is 0 Å². The first kappa shape index (κ1) is 20.6. The number of anilines is 1. The second kappa shape index (κ2) is 8.33. The number of H-pyrrole nitrogens is 1. The van der Waals surface area contributed by atoms with E-state index >= 15 is 0 Å². The molecule has 0 saturated heterocycles. The maximum absolute atomic E-state index is 12.1. The van der Waals surface area contributed by atoms with Gasteiger partial charge in [0.1, 0.15) is 17.9 Å². The van der Waals surface area contributed by atoms with Gasteiger partial charge in [-0.05, 0) is 37.1 Å². The summed E-state index contributed by atoms with van der Waals surface area (Å²) in [7, 11) is 1.28. The Morgan fingerprint density at radius 3 is 2.50 bits per heavy atom. The Labute approximate surface area is 159 Å². The summed E-state index contributed by atoms with van der Waals surface area (Å²) in [6, 6.07) is 5.10. The van der Waals surface area contributed by atoms with Crippen LogP contribution in [0.3, 0.4) is 0 Å². The first-order chi connectivity index (χ1) is 13.1. The second-order valence-electron chi connectivity index (χ2n) is 6.14. The molecule has 0 aliphatic rings. The summed E-state index contributed by atoms with van der Waals surface area (Å²) >= 11 is 0. The lowest BCUT2D eigenvalue weighted by Crippen LogP contribution is -2.36. The average molecular weight is 388 g/mol. The van der Waals surface area contributed by atoms with Crippen LogP contribution in [-0.4, -0.2) is 40.4 Å². The number of nitrogens with two attached hydrogens (primary N) is 1. The van der Waals surface area contributed by atoms with Gasteiger partial charge in [0, 0.05) is 12.6 Å². The molecule has 2 rings (SSSR count). The molecule has 0 bridgehead atoms. The van der Waals surface area contributed by atoms with E-state index in [4.69, 9.17) is 10.5 Å². The number of esters is 1. The van der Waals surface area contributed by atoms with E-state index in [2.05, 4.69) is 5.32 Å². The molecule has 1 aromatic heterocycles. The largest absolute Gasteiger partial charge is 0.456 e. The molecule has 1 amide bonds. The van der Waals surface area contributed by atoms with Crippen molar-refractivity contribution in [2.75, 3.05) is 18.9 Å². The Morgan fingerprint density at radius 1 is 1.18 bits per heavy atom. The van der Waals surface area contributed by atoms with Crippen molar-refractivity contribution in [3.8, 4) is 0 Å². The topological polar surface area (TPSA) is 153 Å². The third-order valence-electron chi connectivity index (χ3n) is 4.18. The summed E-state index contributed by atoms with van der Waals surface area (Å²) in [5, 5.41) is 2.39. The minimum absolute atomic E-state index is 0.335. The predicted molar refractivity (Wildman–Crippen MR) is 100 cm³/mol. The summed E-state index contributed by atoms with van der Waals surface area (Å²) in [5.74, 6) is -2.54. The van der Waals surface area contributed by atoms with Gasteiger partial charge in [-0.1, -0.05) is 6.07 Å². The molecule has 2 aromatic rings. The number of ketones is 1. The molecule has 1 aromatic carbocycles. The Hall–Kier alpha value is -3.69. The Balaban J connectivity index is 1.94.